The third-order valence-electron chi connectivity index (χ3n) is 2.86. The van der Waals surface area contributed by atoms with E-state index in [-0.39, 0.29) is 0 Å². The standard InChI is InChI=1S/C13H21N3S/c1-2-6-14-11-12-4-3-5-13(15-12)16-7-9-17-10-8-16/h3-5,14H,2,6-11H2,1H3. The van der Waals surface area contributed by atoms with Gasteiger partial charge < -0.3 is 10.2 Å². The molecule has 1 aromatic heterocycles. The molecule has 0 unspecified atom stereocenters. The maximum Gasteiger partial charge on any atom is 0.128 e. The highest BCUT2D eigenvalue weighted by molar-refractivity contribution is 7.99. The fourth-order valence-corrected chi connectivity index (χ4v) is 2.83. The molecule has 0 amide bonds. The molecule has 1 aliphatic heterocycles. The lowest BCUT2D eigenvalue weighted by Crippen LogP contribution is -2.33. The number of pyridine rings is 1. The molecule has 0 atom stereocenters. The molecule has 0 radical (unpaired) electrons. The minimum atomic E-state index is 0.879. The number of anilines is 1. The van der Waals surface area contributed by atoms with E-state index in [2.05, 4.69) is 35.3 Å². The van der Waals surface area contributed by atoms with Gasteiger partial charge in [0.2, 0.25) is 0 Å². The van der Waals surface area contributed by atoms with Crippen LogP contribution in [0.5, 0.6) is 0 Å². The molecular formula is C13H21N3S. The second kappa shape index (κ2) is 6.87. The molecule has 1 saturated heterocycles. The third kappa shape index (κ3) is 3.89. The van der Waals surface area contributed by atoms with E-state index in [0.717, 1.165) is 37.7 Å². The van der Waals surface area contributed by atoms with Crippen molar-refractivity contribution in [2.75, 3.05) is 36.0 Å². The van der Waals surface area contributed by atoms with E-state index in [1.807, 2.05) is 11.8 Å². The summed E-state index contributed by atoms with van der Waals surface area (Å²) in [6.07, 6.45) is 1.17. The van der Waals surface area contributed by atoms with Gasteiger partial charge in [0, 0.05) is 31.1 Å². The van der Waals surface area contributed by atoms with Gasteiger partial charge in [0.1, 0.15) is 5.82 Å². The summed E-state index contributed by atoms with van der Waals surface area (Å²) in [5.74, 6) is 3.58. The Hall–Kier alpha value is -0.740. The van der Waals surface area contributed by atoms with Crippen LogP contribution in [0, 0.1) is 0 Å². The molecule has 0 aromatic carbocycles. The number of nitrogens with one attached hydrogen (secondary N) is 1. The number of thioether (sulfide) groups is 1. The molecule has 1 aromatic rings. The summed E-state index contributed by atoms with van der Waals surface area (Å²) in [5, 5.41) is 3.40. The zero-order chi connectivity index (χ0) is 11.9. The largest absolute Gasteiger partial charge is 0.355 e. The summed E-state index contributed by atoms with van der Waals surface area (Å²) in [6, 6.07) is 6.34. The molecule has 4 heteroatoms. The van der Waals surface area contributed by atoms with E-state index in [9.17, 15) is 0 Å². The molecule has 0 bridgehead atoms. The summed E-state index contributed by atoms with van der Waals surface area (Å²) in [4.78, 5) is 7.11. The van der Waals surface area contributed by atoms with E-state index >= 15 is 0 Å². The molecule has 94 valence electrons. The second-order valence-electron chi connectivity index (χ2n) is 4.26. The first-order valence-electron chi connectivity index (χ1n) is 6.39. The Morgan fingerprint density at radius 1 is 1.35 bits per heavy atom. The fraction of sp³-hybridized carbons (Fsp3) is 0.615. The SMILES string of the molecule is CCCNCc1cccc(N2CCSCC2)n1. The lowest BCUT2D eigenvalue weighted by Gasteiger charge is -2.27. The highest BCUT2D eigenvalue weighted by Gasteiger charge is 2.12. The van der Waals surface area contributed by atoms with Crippen molar-refractivity contribution < 1.29 is 0 Å². The van der Waals surface area contributed by atoms with Crippen LogP contribution in [0.25, 0.3) is 0 Å². The van der Waals surface area contributed by atoms with Gasteiger partial charge in [-0.3, -0.25) is 0 Å². The van der Waals surface area contributed by atoms with Crippen molar-refractivity contribution in [3.63, 3.8) is 0 Å². The molecule has 2 heterocycles. The minimum Gasteiger partial charge on any atom is -0.355 e. The van der Waals surface area contributed by atoms with Crippen LogP contribution in [0.1, 0.15) is 19.0 Å². The van der Waals surface area contributed by atoms with Crippen molar-refractivity contribution in [3.8, 4) is 0 Å². The third-order valence-corrected chi connectivity index (χ3v) is 3.80. The predicted octanol–water partition coefficient (Wildman–Crippen LogP) is 2.13. The van der Waals surface area contributed by atoms with Gasteiger partial charge in [-0.2, -0.15) is 11.8 Å². The van der Waals surface area contributed by atoms with Crippen LogP contribution >= 0.6 is 11.8 Å². The quantitative estimate of drug-likeness (QED) is 0.812. The van der Waals surface area contributed by atoms with Crippen LogP contribution in [-0.2, 0) is 6.54 Å². The number of hydrogen-bond donors (Lipinski definition) is 1. The smallest absolute Gasteiger partial charge is 0.128 e. The van der Waals surface area contributed by atoms with Crippen LogP contribution in [0.2, 0.25) is 0 Å². The molecule has 17 heavy (non-hydrogen) atoms. The average molecular weight is 251 g/mol. The van der Waals surface area contributed by atoms with E-state index in [1.54, 1.807) is 0 Å². The monoisotopic (exact) mass is 251 g/mol. The zero-order valence-corrected chi connectivity index (χ0v) is 11.3. The molecule has 0 saturated carbocycles. The number of hydrogen-bond acceptors (Lipinski definition) is 4. The Morgan fingerprint density at radius 2 is 2.18 bits per heavy atom. The predicted molar refractivity (Wildman–Crippen MR) is 75.8 cm³/mol. The van der Waals surface area contributed by atoms with E-state index < -0.39 is 0 Å². The van der Waals surface area contributed by atoms with Crippen molar-refractivity contribution >= 4 is 17.6 Å². The molecule has 3 nitrogen and oxygen atoms in total. The van der Waals surface area contributed by atoms with E-state index in [0.29, 0.717) is 0 Å². The highest BCUT2D eigenvalue weighted by Crippen LogP contribution is 2.17. The first kappa shape index (κ1) is 12.7. The van der Waals surface area contributed by atoms with E-state index in [4.69, 9.17) is 4.98 Å². The summed E-state index contributed by atoms with van der Waals surface area (Å²) in [7, 11) is 0. The highest BCUT2D eigenvalue weighted by atomic mass is 32.2. The Bertz CT molecular complexity index is 337. The zero-order valence-electron chi connectivity index (χ0n) is 10.5. The van der Waals surface area contributed by atoms with Crippen LogP contribution in [-0.4, -0.2) is 36.1 Å². The average Bonchev–Trinajstić information content (AvgIpc) is 2.41. The number of aromatic nitrogens is 1. The molecule has 0 spiro atoms. The second-order valence-corrected chi connectivity index (χ2v) is 5.49. The molecule has 2 rings (SSSR count). The minimum absolute atomic E-state index is 0.879. The Morgan fingerprint density at radius 3 is 2.94 bits per heavy atom. The fourth-order valence-electron chi connectivity index (χ4n) is 1.93. The number of rotatable bonds is 5. The maximum atomic E-state index is 4.72. The molecular weight excluding hydrogens is 230 g/mol. The summed E-state index contributed by atoms with van der Waals surface area (Å²) in [6.45, 7) is 6.38. The lowest BCUT2D eigenvalue weighted by atomic mass is 10.3. The normalized spacial score (nSPS) is 16.2. The maximum absolute atomic E-state index is 4.72. The van der Waals surface area contributed by atoms with Crippen LogP contribution < -0.4 is 10.2 Å². The van der Waals surface area contributed by atoms with Gasteiger partial charge in [0.15, 0.2) is 0 Å². The van der Waals surface area contributed by atoms with Gasteiger partial charge in [-0.25, -0.2) is 4.98 Å². The van der Waals surface area contributed by atoms with Gasteiger partial charge in [-0.05, 0) is 25.1 Å². The first-order chi connectivity index (χ1) is 8.40. The Balaban J connectivity index is 1.95. The Labute approximate surface area is 108 Å². The van der Waals surface area contributed by atoms with Crippen molar-refractivity contribution in [2.24, 2.45) is 0 Å². The van der Waals surface area contributed by atoms with Gasteiger partial charge in [0.05, 0.1) is 5.69 Å². The van der Waals surface area contributed by atoms with Crippen molar-refractivity contribution in [2.45, 2.75) is 19.9 Å². The van der Waals surface area contributed by atoms with Crippen molar-refractivity contribution in [1.29, 1.82) is 0 Å². The summed E-state index contributed by atoms with van der Waals surface area (Å²) in [5.41, 5.74) is 1.15. The van der Waals surface area contributed by atoms with Gasteiger partial charge in [-0.1, -0.05) is 13.0 Å². The van der Waals surface area contributed by atoms with Crippen molar-refractivity contribution in [1.82, 2.24) is 10.3 Å². The van der Waals surface area contributed by atoms with Crippen molar-refractivity contribution in [3.05, 3.63) is 23.9 Å². The van der Waals surface area contributed by atoms with Gasteiger partial charge in [-0.15, -0.1) is 0 Å². The van der Waals surface area contributed by atoms with Crippen LogP contribution in [0.3, 0.4) is 0 Å². The van der Waals surface area contributed by atoms with E-state index in [1.165, 1.54) is 17.9 Å². The molecule has 1 aliphatic rings. The summed E-state index contributed by atoms with van der Waals surface area (Å²) >= 11 is 2.03. The lowest BCUT2D eigenvalue weighted by molar-refractivity contribution is 0.663. The Kier molecular flexibility index (Phi) is 5.13. The number of nitrogens with zero attached hydrogens (tertiary/aromatic N) is 2. The van der Waals surface area contributed by atoms with Gasteiger partial charge in [0.25, 0.3) is 0 Å². The summed E-state index contributed by atoms with van der Waals surface area (Å²) < 4.78 is 0. The molecule has 1 fully saturated rings. The van der Waals surface area contributed by atoms with Crippen LogP contribution in [0.15, 0.2) is 18.2 Å². The first-order valence-corrected chi connectivity index (χ1v) is 7.55. The van der Waals surface area contributed by atoms with Crippen LogP contribution in [0.4, 0.5) is 5.82 Å². The molecule has 0 aliphatic carbocycles. The molecule has 1 N–H and O–H groups in total. The topological polar surface area (TPSA) is 28.2 Å². The van der Waals surface area contributed by atoms with Gasteiger partial charge >= 0.3 is 0 Å².